The molecule has 1 aromatic carbocycles. The van der Waals surface area contributed by atoms with E-state index in [9.17, 15) is 5.11 Å². The van der Waals surface area contributed by atoms with Crippen molar-refractivity contribution in [2.75, 3.05) is 17.6 Å². The summed E-state index contributed by atoms with van der Waals surface area (Å²) < 4.78 is 0. The van der Waals surface area contributed by atoms with Crippen LogP contribution >= 0.6 is 0 Å². The molecular formula is C14H18N4O. The van der Waals surface area contributed by atoms with Crippen molar-refractivity contribution in [1.29, 1.82) is 0 Å². The third-order valence-corrected chi connectivity index (χ3v) is 3.81. The molecule has 0 spiro atoms. The van der Waals surface area contributed by atoms with E-state index in [-0.39, 0.29) is 6.10 Å². The number of nitrogens with two attached hydrogens (primary N) is 1. The molecule has 2 unspecified atom stereocenters. The van der Waals surface area contributed by atoms with Gasteiger partial charge in [-0.2, -0.15) is 0 Å². The average molecular weight is 258 g/mol. The van der Waals surface area contributed by atoms with Crippen molar-refractivity contribution in [3.05, 3.63) is 24.5 Å². The third kappa shape index (κ3) is 2.46. The second kappa shape index (κ2) is 5.01. The molecule has 1 fully saturated rings. The van der Waals surface area contributed by atoms with Gasteiger partial charge < -0.3 is 16.2 Å². The lowest BCUT2D eigenvalue weighted by Crippen LogP contribution is -2.22. The molecule has 5 heteroatoms. The summed E-state index contributed by atoms with van der Waals surface area (Å²) in [5, 5.41) is 14.1. The number of fused-ring (bicyclic) bond motifs is 1. The number of nitrogen functional groups attached to an aromatic ring is 1. The molecule has 100 valence electrons. The zero-order chi connectivity index (χ0) is 13.2. The highest BCUT2D eigenvalue weighted by Crippen LogP contribution is 2.27. The molecule has 1 aromatic heterocycles. The maximum absolute atomic E-state index is 9.83. The molecule has 4 N–H and O–H groups in total. The van der Waals surface area contributed by atoms with Crippen molar-refractivity contribution in [2.45, 2.75) is 25.4 Å². The van der Waals surface area contributed by atoms with Gasteiger partial charge >= 0.3 is 0 Å². The quantitative estimate of drug-likeness (QED) is 0.731. The van der Waals surface area contributed by atoms with Gasteiger partial charge in [-0.3, -0.25) is 0 Å². The number of hydrogen-bond acceptors (Lipinski definition) is 5. The van der Waals surface area contributed by atoms with Crippen LogP contribution in [0, 0.1) is 5.92 Å². The predicted octanol–water partition coefficient (Wildman–Crippen LogP) is 1.78. The first-order valence-corrected chi connectivity index (χ1v) is 6.66. The van der Waals surface area contributed by atoms with Gasteiger partial charge in [0, 0.05) is 23.5 Å². The molecule has 19 heavy (non-hydrogen) atoms. The highest BCUT2D eigenvalue weighted by molar-refractivity contribution is 5.90. The normalized spacial score (nSPS) is 22.8. The van der Waals surface area contributed by atoms with Crippen molar-refractivity contribution >= 4 is 22.4 Å². The van der Waals surface area contributed by atoms with Crippen LogP contribution in [0.1, 0.15) is 19.3 Å². The second-order valence-corrected chi connectivity index (χ2v) is 5.14. The number of aromatic nitrogens is 2. The van der Waals surface area contributed by atoms with E-state index in [2.05, 4.69) is 15.3 Å². The molecule has 2 atom stereocenters. The minimum absolute atomic E-state index is 0.184. The number of nitrogens with one attached hydrogen (secondary N) is 1. The lowest BCUT2D eigenvalue weighted by molar-refractivity contribution is 0.138. The van der Waals surface area contributed by atoms with Crippen LogP contribution in [0.15, 0.2) is 24.5 Å². The number of rotatable bonds is 3. The SMILES string of the molecule is Nc1ccc2c(NCC3CCCC3O)ncnc2c1. The fourth-order valence-corrected chi connectivity index (χ4v) is 2.70. The maximum atomic E-state index is 9.83. The summed E-state index contributed by atoms with van der Waals surface area (Å²) in [6.45, 7) is 0.748. The van der Waals surface area contributed by atoms with Crippen LogP contribution in [0.2, 0.25) is 0 Å². The topological polar surface area (TPSA) is 84.1 Å². The summed E-state index contributed by atoms with van der Waals surface area (Å²) in [7, 11) is 0. The Kier molecular flexibility index (Phi) is 3.21. The fourth-order valence-electron chi connectivity index (χ4n) is 2.70. The van der Waals surface area contributed by atoms with E-state index in [0.717, 1.165) is 42.5 Å². The van der Waals surface area contributed by atoms with Crippen molar-refractivity contribution in [3.8, 4) is 0 Å². The molecule has 0 amide bonds. The molecule has 1 saturated carbocycles. The van der Waals surface area contributed by atoms with Crippen LogP contribution in [0.25, 0.3) is 10.9 Å². The van der Waals surface area contributed by atoms with E-state index in [0.29, 0.717) is 11.6 Å². The van der Waals surface area contributed by atoms with Crippen molar-refractivity contribution in [2.24, 2.45) is 5.92 Å². The van der Waals surface area contributed by atoms with Gasteiger partial charge in [0.25, 0.3) is 0 Å². The smallest absolute Gasteiger partial charge is 0.137 e. The van der Waals surface area contributed by atoms with Gasteiger partial charge in [0.15, 0.2) is 0 Å². The third-order valence-electron chi connectivity index (χ3n) is 3.81. The van der Waals surface area contributed by atoms with Crippen LogP contribution in [0.4, 0.5) is 11.5 Å². The van der Waals surface area contributed by atoms with E-state index >= 15 is 0 Å². The highest BCUT2D eigenvalue weighted by atomic mass is 16.3. The number of anilines is 2. The van der Waals surface area contributed by atoms with Crippen LogP contribution in [-0.4, -0.2) is 27.7 Å². The Balaban J connectivity index is 1.81. The van der Waals surface area contributed by atoms with Crippen molar-refractivity contribution in [3.63, 3.8) is 0 Å². The van der Waals surface area contributed by atoms with Gasteiger partial charge in [-0.1, -0.05) is 6.42 Å². The fraction of sp³-hybridized carbons (Fsp3) is 0.429. The summed E-state index contributed by atoms with van der Waals surface area (Å²) in [5.74, 6) is 1.13. The second-order valence-electron chi connectivity index (χ2n) is 5.14. The number of aliphatic hydroxyl groups is 1. The molecule has 1 aliphatic carbocycles. The monoisotopic (exact) mass is 258 g/mol. The van der Waals surface area contributed by atoms with Gasteiger partial charge in [0.05, 0.1) is 11.6 Å². The van der Waals surface area contributed by atoms with Gasteiger partial charge in [-0.25, -0.2) is 9.97 Å². The summed E-state index contributed by atoms with van der Waals surface area (Å²) in [6.07, 6.45) is 4.44. The highest BCUT2D eigenvalue weighted by Gasteiger charge is 2.24. The largest absolute Gasteiger partial charge is 0.399 e. The molecular weight excluding hydrogens is 240 g/mol. The van der Waals surface area contributed by atoms with E-state index in [1.54, 1.807) is 0 Å². The van der Waals surface area contributed by atoms with Crippen LogP contribution in [0.3, 0.4) is 0 Å². The minimum atomic E-state index is -0.184. The molecule has 0 radical (unpaired) electrons. The van der Waals surface area contributed by atoms with Crippen LogP contribution in [-0.2, 0) is 0 Å². The van der Waals surface area contributed by atoms with Gasteiger partial charge in [0.1, 0.15) is 12.1 Å². The summed E-state index contributed by atoms with van der Waals surface area (Å²) in [6, 6.07) is 5.62. The van der Waals surface area contributed by atoms with Crippen molar-refractivity contribution in [1.82, 2.24) is 9.97 Å². The summed E-state index contributed by atoms with van der Waals surface area (Å²) in [5.41, 5.74) is 7.29. The predicted molar refractivity (Wildman–Crippen MR) is 75.8 cm³/mol. The van der Waals surface area contributed by atoms with Gasteiger partial charge in [-0.05, 0) is 31.0 Å². The zero-order valence-corrected chi connectivity index (χ0v) is 10.7. The first-order valence-electron chi connectivity index (χ1n) is 6.66. The Bertz CT molecular complexity index is 587. The molecule has 3 rings (SSSR count). The van der Waals surface area contributed by atoms with E-state index < -0.39 is 0 Å². The van der Waals surface area contributed by atoms with Crippen molar-refractivity contribution < 1.29 is 5.11 Å². The lowest BCUT2D eigenvalue weighted by Gasteiger charge is -2.16. The molecule has 0 aliphatic heterocycles. The number of hydrogen-bond donors (Lipinski definition) is 3. The minimum Gasteiger partial charge on any atom is -0.399 e. The number of nitrogens with zero attached hydrogens (tertiary/aromatic N) is 2. The maximum Gasteiger partial charge on any atom is 0.137 e. The Hall–Kier alpha value is -1.88. The molecule has 5 nitrogen and oxygen atoms in total. The standard InChI is InChI=1S/C14H18N4O/c15-10-4-5-11-12(6-10)17-8-18-14(11)16-7-9-2-1-3-13(9)19/h4-6,8-9,13,19H,1-3,7,15H2,(H,16,17,18). The Labute approximate surface area is 111 Å². The van der Waals surface area contributed by atoms with Gasteiger partial charge in [-0.15, -0.1) is 0 Å². The Morgan fingerprint density at radius 2 is 2.21 bits per heavy atom. The average Bonchev–Trinajstić information content (AvgIpc) is 2.81. The molecule has 0 bridgehead atoms. The van der Waals surface area contributed by atoms with E-state index in [1.165, 1.54) is 6.33 Å². The molecule has 0 saturated heterocycles. The van der Waals surface area contributed by atoms with E-state index in [1.807, 2.05) is 18.2 Å². The van der Waals surface area contributed by atoms with Crippen LogP contribution < -0.4 is 11.1 Å². The van der Waals surface area contributed by atoms with Crippen LogP contribution in [0.5, 0.6) is 0 Å². The first kappa shape index (κ1) is 12.2. The Morgan fingerprint density at radius 3 is 3.00 bits per heavy atom. The number of benzene rings is 1. The summed E-state index contributed by atoms with van der Waals surface area (Å²) >= 11 is 0. The zero-order valence-electron chi connectivity index (χ0n) is 10.7. The Morgan fingerprint density at radius 1 is 1.32 bits per heavy atom. The van der Waals surface area contributed by atoms with Gasteiger partial charge in [0.2, 0.25) is 0 Å². The molecule has 1 aliphatic rings. The summed E-state index contributed by atoms with van der Waals surface area (Å²) in [4.78, 5) is 8.49. The first-order chi connectivity index (χ1) is 9.24. The van der Waals surface area contributed by atoms with E-state index in [4.69, 9.17) is 5.73 Å². The molecule has 2 aromatic rings. The molecule has 1 heterocycles. The lowest BCUT2D eigenvalue weighted by atomic mass is 10.1. The number of aliphatic hydroxyl groups excluding tert-OH is 1.